The zero-order valence-corrected chi connectivity index (χ0v) is 14.2. The molecule has 0 fully saturated rings. The Labute approximate surface area is 137 Å². The van der Waals surface area contributed by atoms with Gasteiger partial charge < -0.3 is 4.90 Å². The lowest BCUT2D eigenvalue weighted by Crippen LogP contribution is -2.30. The molecular formula is C19H25N3O. The van der Waals surface area contributed by atoms with Gasteiger partial charge in [0.2, 0.25) is 5.91 Å². The Kier molecular flexibility index (Phi) is 4.51. The van der Waals surface area contributed by atoms with Crippen molar-refractivity contribution in [3.8, 4) is 0 Å². The number of carbonyl (C=O) groups is 1. The summed E-state index contributed by atoms with van der Waals surface area (Å²) in [6.45, 7) is 4.79. The number of benzene rings is 1. The molecule has 2 aromatic rings. The van der Waals surface area contributed by atoms with Crippen molar-refractivity contribution in [2.75, 3.05) is 13.6 Å². The van der Waals surface area contributed by atoms with Crippen LogP contribution in [0.2, 0.25) is 0 Å². The highest BCUT2D eigenvalue weighted by molar-refractivity contribution is 5.77. The number of hydrogen-bond donors (Lipinski definition) is 1. The van der Waals surface area contributed by atoms with Gasteiger partial charge in [-0.2, -0.15) is 5.10 Å². The summed E-state index contributed by atoms with van der Waals surface area (Å²) in [4.78, 5) is 14.4. The van der Waals surface area contributed by atoms with E-state index in [0.29, 0.717) is 12.3 Å². The Morgan fingerprint density at radius 2 is 2.13 bits per heavy atom. The van der Waals surface area contributed by atoms with Crippen LogP contribution in [0.25, 0.3) is 0 Å². The molecule has 1 aromatic heterocycles. The molecule has 1 amide bonds. The largest absolute Gasteiger partial charge is 0.345 e. The molecule has 0 aliphatic heterocycles. The summed E-state index contributed by atoms with van der Waals surface area (Å²) in [5, 5.41) is 7.22. The van der Waals surface area contributed by atoms with Crippen molar-refractivity contribution < 1.29 is 4.79 Å². The molecule has 0 spiro atoms. The van der Waals surface area contributed by atoms with Crippen LogP contribution in [0.5, 0.6) is 0 Å². The van der Waals surface area contributed by atoms with Crippen LogP contribution in [-0.2, 0) is 17.6 Å². The molecule has 4 nitrogen and oxygen atoms in total. The van der Waals surface area contributed by atoms with Gasteiger partial charge in [0.25, 0.3) is 0 Å². The lowest BCUT2D eigenvalue weighted by molar-refractivity contribution is -0.130. The molecule has 0 saturated carbocycles. The maximum absolute atomic E-state index is 12.5. The van der Waals surface area contributed by atoms with Crippen molar-refractivity contribution in [3.05, 3.63) is 52.3 Å². The predicted molar refractivity (Wildman–Crippen MR) is 91.5 cm³/mol. The number of rotatable bonds is 5. The number of likely N-dealkylation sites (N-methyl/N-ethyl adjacent to an activating group) is 1. The van der Waals surface area contributed by atoms with Crippen molar-refractivity contribution >= 4 is 5.91 Å². The molecule has 23 heavy (non-hydrogen) atoms. The van der Waals surface area contributed by atoms with Crippen molar-refractivity contribution in [1.82, 2.24) is 15.1 Å². The molecule has 122 valence electrons. The minimum atomic E-state index is 0.241. The number of aromatic nitrogens is 2. The molecule has 0 radical (unpaired) electrons. The Morgan fingerprint density at radius 1 is 1.35 bits per heavy atom. The fourth-order valence-corrected chi connectivity index (χ4v) is 3.57. The van der Waals surface area contributed by atoms with Gasteiger partial charge in [-0.1, -0.05) is 24.3 Å². The van der Waals surface area contributed by atoms with Gasteiger partial charge in [0.1, 0.15) is 0 Å². The van der Waals surface area contributed by atoms with Gasteiger partial charge in [0.15, 0.2) is 0 Å². The third kappa shape index (κ3) is 3.31. The molecule has 1 aromatic carbocycles. The van der Waals surface area contributed by atoms with Gasteiger partial charge >= 0.3 is 0 Å². The minimum Gasteiger partial charge on any atom is -0.345 e. The number of H-pyrrole nitrogens is 1. The monoisotopic (exact) mass is 311 g/mol. The summed E-state index contributed by atoms with van der Waals surface area (Å²) in [5.74, 6) is 0.629. The lowest BCUT2D eigenvalue weighted by atomic mass is 9.97. The Hall–Kier alpha value is -2.10. The average molecular weight is 311 g/mol. The Balaban J connectivity index is 1.56. The standard InChI is InChI=1S/C19H25N3O/c1-13-17(14(2)21-20-13)10-11-22(3)19(23)12-16-9-8-15-6-4-5-7-18(15)16/h4-7,16H,8-12H2,1-3H3,(H,20,21)/t16-/m0/s1. The second kappa shape index (κ2) is 6.57. The van der Waals surface area contributed by atoms with E-state index in [1.54, 1.807) is 0 Å². The first kappa shape index (κ1) is 15.8. The van der Waals surface area contributed by atoms with Gasteiger partial charge in [-0.3, -0.25) is 9.89 Å². The molecule has 1 heterocycles. The molecule has 1 N–H and O–H groups in total. The first-order chi connectivity index (χ1) is 11.1. The van der Waals surface area contributed by atoms with E-state index in [9.17, 15) is 4.79 Å². The Morgan fingerprint density at radius 3 is 2.87 bits per heavy atom. The SMILES string of the molecule is Cc1n[nH]c(C)c1CCN(C)C(=O)C[C@@H]1CCc2ccccc21. The first-order valence-corrected chi connectivity index (χ1v) is 8.38. The fourth-order valence-electron chi connectivity index (χ4n) is 3.57. The zero-order chi connectivity index (χ0) is 16.4. The first-order valence-electron chi connectivity index (χ1n) is 8.38. The number of amides is 1. The molecule has 1 atom stereocenters. The smallest absolute Gasteiger partial charge is 0.222 e. The van der Waals surface area contributed by atoms with Crippen molar-refractivity contribution in [1.29, 1.82) is 0 Å². The summed E-state index contributed by atoms with van der Waals surface area (Å²) in [6, 6.07) is 8.53. The van der Waals surface area contributed by atoms with Crippen LogP contribution >= 0.6 is 0 Å². The van der Waals surface area contributed by atoms with Crippen LogP contribution in [0.3, 0.4) is 0 Å². The van der Waals surface area contributed by atoms with E-state index in [-0.39, 0.29) is 5.91 Å². The van der Waals surface area contributed by atoms with Gasteiger partial charge in [0.05, 0.1) is 5.69 Å². The van der Waals surface area contributed by atoms with E-state index < -0.39 is 0 Å². The van der Waals surface area contributed by atoms with Crippen LogP contribution in [-0.4, -0.2) is 34.6 Å². The van der Waals surface area contributed by atoms with E-state index in [1.165, 1.54) is 16.7 Å². The van der Waals surface area contributed by atoms with Gasteiger partial charge in [-0.05, 0) is 55.7 Å². The second-order valence-electron chi connectivity index (χ2n) is 6.62. The van der Waals surface area contributed by atoms with Gasteiger partial charge in [0, 0.05) is 25.7 Å². The molecule has 0 bridgehead atoms. The third-order valence-electron chi connectivity index (χ3n) is 5.08. The van der Waals surface area contributed by atoms with Crippen LogP contribution in [0.1, 0.15) is 46.8 Å². The van der Waals surface area contributed by atoms with Gasteiger partial charge in [-0.15, -0.1) is 0 Å². The average Bonchev–Trinajstić information content (AvgIpc) is 3.09. The summed E-state index contributed by atoms with van der Waals surface area (Å²) >= 11 is 0. The predicted octanol–water partition coefficient (Wildman–Crippen LogP) is 3.15. The van der Waals surface area contributed by atoms with Crippen molar-refractivity contribution in [2.45, 2.75) is 45.4 Å². The topological polar surface area (TPSA) is 49.0 Å². The highest BCUT2D eigenvalue weighted by atomic mass is 16.2. The van der Waals surface area contributed by atoms with E-state index in [1.807, 2.05) is 25.8 Å². The molecule has 1 aliphatic carbocycles. The van der Waals surface area contributed by atoms with E-state index >= 15 is 0 Å². The van der Waals surface area contributed by atoms with Crippen LogP contribution in [0.15, 0.2) is 24.3 Å². The summed E-state index contributed by atoms with van der Waals surface area (Å²) in [5.41, 5.74) is 6.16. The number of nitrogens with zero attached hydrogens (tertiary/aromatic N) is 2. The van der Waals surface area contributed by atoms with Crippen molar-refractivity contribution in [2.24, 2.45) is 0 Å². The quantitative estimate of drug-likeness (QED) is 0.922. The number of aryl methyl sites for hydroxylation is 3. The highest BCUT2D eigenvalue weighted by Gasteiger charge is 2.25. The maximum Gasteiger partial charge on any atom is 0.222 e. The summed E-state index contributed by atoms with van der Waals surface area (Å²) < 4.78 is 0. The van der Waals surface area contributed by atoms with E-state index in [0.717, 1.165) is 37.2 Å². The number of hydrogen-bond acceptors (Lipinski definition) is 2. The van der Waals surface area contributed by atoms with Crippen LogP contribution in [0.4, 0.5) is 0 Å². The number of nitrogens with one attached hydrogen (secondary N) is 1. The molecule has 1 aliphatic rings. The van der Waals surface area contributed by atoms with E-state index in [4.69, 9.17) is 0 Å². The number of aromatic amines is 1. The summed E-state index contributed by atoms with van der Waals surface area (Å²) in [6.07, 6.45) is 3.68. The molecule has 3 rings (SSSR count). The highest BCUT2D eigenvalue weighted by Crippen LogP contribution is 2.35. The zero-order valence-electron chi connectivity index (χ0n) is 14.2. The van der Waals surface area contributed by atoms with Crippen molar-refractivity contribution in [3.63, 3.8) is 0 Å². The minimum absolute atomic E-state index is 0.241. The normalized spacial score (nSPS) is 16.4. The fraction of sp³-hybridized carbons (Fsp3) is 0.474. The molecule has 4 heteroatoms. The van der Waals surface area contributed by atoms with Crippen LogP contribution < -0.4 is 0 Å². The maximum atomic E-state index is 12.5. The number of carbonyl (C=O) groups excluding carboxylic acids is 1. The summed E-state index contributed by atoms with van der Waals surface area (Å²) in [7, 11) is 1.91. The second-order valence-corrected chi connectivity index (χ2v) is 6.62. The molecule has 0 saturated heterocycles. The van der Waals surface area contributed by atoms with Crippen LogP contribution in [0, 0.1) is 13.8 Å². The Bertz CT molecular complexity index is 685. The molecule has 0 unspecified atom stereocenters. The lowest BCUT2D eigenvalue weighted by Gasteiger charge is -2.20. The molecular weight excluding hydrogens is 286 g/mol. The number of fused-ring (bicyclic) bond motifs is 1. The van der Waals surface area contributed by atoms with Gasteiger partial charge in [-0.25, -0.2) is 0 Å². The van der Waals surface area contributed by atoms with E-state index in [2.05, 4.69) is 34.5 Å². The third-order valence-corrected chi connectivity index (χ3v) is 5.08.